The Morgan fingerprint density at radius 1 is 1.26 bits per heavy atom. The third-order valence-electron chi connectivity index (χ3n) is 2.72. The lowest BCUT2D eigenvalue weighted by Gasteiger charge is -2.12. The van der Waals surface area contributed by atoms with Crippen LogP contribution < -0.4 is 11.1 Å². The number of nitrogen functional groups attached to an aromatic ring is 1. The zero-order chi connectivity index (χ0) is 14.0. The van der Waals surface area contributed by atoms with Gasteiger partial charge in [-0.15, -0.1) is 0 Å². The summed E-state index contributed by atoms with van der Waals surface area (Å²) in [4.78, 5) is 0. The number of rotatable bonds is 2. The average molecular weight is 320 g/mol. The predicted octanol–water partition coefficient (Wildman–Crippen LogP) is 4.09. The molecule has 0 aliphatic rings. The Labute approximate surface area is 119 Å². The highest BCUT2D eigenvalue weighted by Gasteiger charge is 2.07. The van der Waals surface area contributed by atoms with Crippen LogP contribution in [-0.4, -0.2) is 0 Å². The van der Waals surface area contributed by atoms with E-state index in [4.69, 9.17) is 11.0 Å². The van der Waals surface area contributed by atoms with Gasteiger partial charge >= 0.3 is 0 Å². The molecule has 0 fully saturated rings. The van der Waals surface area contributed by atoms with E-state index in [2.05, 4.69) is 21.2 Å². The Hall–Kier alpha value is -2.06. The molecule has 0 spiro atoms. The SMILES string of the molecule is Cc1cc(Br)c(F)cc1Nc1cc(C#N)ccc1N. The molecule has 2 aromatic carbocycles. The van der Waals surface area contributed by atoms with Gasteiger partial charge in [-0.1, -0.05) is 0 Å². The Kier molecular flexibility index (Phi) is 3.72. The quantitative estimate of drug-likeness (QED) is 0.819. The van der Waals surface area contributed by atoms with Crippen molar-refractivity contribution in [2.24, 2.45) is 0 Å². The van der Waals surface area contributed by atoms with Crippen LogP contribution in [-0.2, 0) is 0 Å². The predicted molar refractivity (Wildman–Crippen MR) is 77.7 cm³/mol. The number of nitriles is 1. The average Bonchev–Trinajstić information content (AvgIpc) is 2.38. The third-order valence-corrected chi connectivity index (χ3v) is 3.33. The minimum absolute atomic E-state index is 0.358. The number of anilines is 3. The van der Waals surface area contributed by atoms with Gasteiger partial charge in [-0.3, -0.25) is 0 Å². The Morgan fingerprint density at radius 2 is 2.00 bits per heavy atom. The van der Waals surface area contributed by atoms with Crippen molar-refractivity contribution >= 4 is 33.0 Å². The molecule has 0 heterocycles. The number of nitrogens with two attached hydrogens (primary N) is 1. The van der Waals surface area contributed by atoms with E-state index in [-0.39, 0.29) is 5.82 Å². The Morgan fingerprint density at radius 3 is 2.68 bits per heavy atom. The zero-order valence-corrected chi connectivity index (χ0v) is 11.8. The lowest BCUT2D eigenvalue weighted by Crippen LogP contribution is -1.99. The van der Waals surface area contributed by atoms with Gasteiger partial charge in [-0.2, -0.15) is 5.26 Å². The van der Waals surface area contributed by atoms with E-state index in [0.717, 1.165) is 5.56 Å². The van der Waals surface area contributed by atoms with E-state index >= 15 is 0 Å². The van der Waals surface area contributed by atoms with E-state index < -0.39 is 0 Å². The van der Waals surface area contributed by atoms with Crippen molar-refractivity contribution in [1.29, 1.82) is 5.26 Å². The largest absolute Gasteiger partial charge is 0.397 e. The molecule has 2 rings (SSSR count). The summed E-state index contributed by atoms with van der Waals surface area (Å²) in [7, 11) is 0. The molecule has 2 aromatic rings. The van der Waals surface area contributed by atoms with Crippen molar-refractivity contribution in [1.82, 2.24) is 0 Å². The summed E-state index contributed by atoms with van der Waals surface area (Å²) in [6.45, 7) is 1.86. The topological polar surface area (TPSA) is 61.8 Å². The first kappa shape index (κ1) is 13.4. The summed E-state index contributed by atoms with van der Waals surface area (Å²) < 4.78 is 13.9. The van der Waals surface area contributed by atoms with Crippen LogP contribution in [0.5, 0.6) is 0 Å². The van der Waals surface area contributed by atoms with Gasteiger partial charge < -0.3 is 11.1 Å². The van der Waals surface area contributed by atoms with E-state index in [1.807, 2.05) is 13.0 Å². The molecule has 96 valence electrons. The lowest BCUT2D eigenvalue weighted by molar-refractivity contribution is 0.621. The van der Waals surface area contributed by atoms with Gasteiger partial charge in [0.2, 0.25) is 0 Å². The first-order valence-corrected chi connectivity index (χ1v) is 6.33. The van der Waals surface area contributed by atoms with Gasteiger partial charge in [0.05, 0.1) is 27.5 Å². The molecule has 0 aromatic heterocycles. The molecule has 0 unspecified atom stereocenters. The molecule has 0 saturated heterocycles. The van der Waals surface area contributed by atoms with Gasteiger partial charge in [0.15, 0.2) is 0 Å². The number of halogens is 2. The molecule has 0 aliphatic carbocycles. The Bertz CT molecular complexity index is 677. The smallest absolute Gasteiger partial charge is 0.139 e. The fourth-order valence-corrected chi connectivity index (χ4v) is 2.12. The molecule has 0 amide bonds. The molecule has 0 saturated carbocycles. The number of benzene rings is 2. The Balaban J connectivity index is 2.42. The summed E-state index contributed by atoms with van der Waals surface area (Å²) in [5, 5.41) is 11.9. The number of nitrogens with zero attached hydrogens (tertiary/aromatic N) is 1. The number of nitrogens with one attached hydrogen (secondary N) is 1. The van der Waals surface area contributed by atoms with Gasteiger partial charge in [0, 0.05) is 5.69 Å². The monoisotopic (exact) mass is 319 g/mol. The molecule has 0 radical (unpaired) electrons. The van der Waals surface area contributed by atoms with E-state index in [9.17, 15) is 4.39 Å². The van der Waals surface area contributed by atoms with Crippen LogP contribution in [0.3, 0.4) is 0 Å². The molecule has 0 atom stereocenters. The van der Waals surface area contributed by atoms with Crippen LogP contribution in [0.4, 0.5) is 21.5 Å². The van der Waals surface area contributed by atoms with Crippen molar-refractivity contribution in [2.45, 2.75) is 6.92 Å². The van der Waals surface area contributed by atoms with E-state index in [1.54, 1.807) is 24.3 Å². The number of hydrogen-bond donors (Lipinski definition) is 2. The van der Waals surface area contributed by atoms with Gasteiger partial charge in [0.1, 0.15) is 5.82 Å². The summed E-state index contributed by atoms with van der Waals surface area (Å²) >= 11 is 3.13. The second kappa shape index (κ2) is 5.29. The summed E-state index contributed by atoms with van der Waals surface area (Å²) in [6, 6.07) is 10.0. The van der Waals surface area contributed by atoms with E-state index in [1.165, 1.54) is 6.07 Å². The number of hydrogen-bond acceptors (Lipinski definition) is 3. The highest BCUT2D eigenvalue weighted by Crippen LogP contribution is 2.29. The second-order valence-corrected chi connectivity index (χ2v) is 4.97. The fourth-order valence-electron chi connectivity index (χ4n) is 1.66. The summed E-state index contributed by atoms with van der Waals surface area (Å²) in [5.41, 5.74) is 8.90. The maximum atomic E-state index is 13.5. The van der Waals surface area contributed by atoms with Crippen LogP contribution in [0.15, 0.2) is 34.8 Å². The first-order valence-electron chi connectivity index (χ1n) is 5.53. The summed E-state index contributed by atoms with van der Waals surface area (Å²) in [6.07, 6.45) is 0. The molecule has 3 nitrogen and oxygen atoms in total. The molecule has 19 heavy (non-hydrogen) atoms. The maximum Gasteiger partial charge on any atom is 0.139 e. The van der Waals surface area contributed by atoms with Crippen LogP contribution in [0, 0.1) is 24.1 Å². The van der Waals surface area contributed by atoms with Crippen molar-refractivity contribution in [3.05, 3.63) is 51.7 Å². The van der Waals surface area contributed by atoms with Crippen LogP contribution in [0.1, 0.15) is 11.1 Å². The zero-order valence-electron chi connectivity index (χ0n) is 10.2. The number of aryl methyl sites for hydroxylation is 1. The van der Waals surface area contributed by atoms with Crippen LogP contribution in [0.2, 0.25) is 0 Å². The minimum atomic E-state index is -0.358. The highest BCUT2D eigenvalue weighted by molar-refractivity contribution is 9.10. The standard InChI is InChI=1S/C14H11BrFN3/c1-8-4-10(15)11(16)6-13(8)19-14-5-9(7-17)2-3-12(14)18/h2-6,19H,18H2,1H3. The van der Waals surface area contributed by atoms with Crippen molar-refractivity contribution in [3.63, 3.8) is 0 Å². The molecular weight excluding hydrogens is 309 g/mol. The second-order valence-electron chi connectivity index (χ2n) is 4.12. The minimum Gasteiger partial charge on any atom is -0.397 e. The van der Waals surface area contributed by atoms with E-state index in [0.29, 0.717) is 27.1 Å². The van der Waals surface area contributed by atoms with Crippen LogP contribution in [0.25, 0.3) is 0 Å². The van der Waals surface area contributed by atoms with Gasteiger partial charge in [-0.25, -0.2) is 4.39 Å². The normalized spacial score (nSPS) is 10.0. The third kappa shape index (κ3) is 2.85. The molecule has 3 N–H and O–H groups in total. The lowest BCUT2D eigenvalue weighted by atomic mass is 10.1. The fraction of sp³-hybridized carbons (Fsp3) is 0.0714. The molecule has 5 heteroatoms. The molecular formula is C14H11BrFN3. The summed E-state index contributed by atoms with van der Waals surface area (Å²) in [5.74, 6) is -0.358. The van der Waals surface area contributed by atoms with Crippen molar-refractivity contribution < 1.29 is 4.39 Å². The van der Waals surface area contributed by atoms with Gasteiger partial charge in [0.25, 0.3) is 0 Å². The molecule has 0 aliphatic heterocycles. The van der Waals surface area contributed by atoms with Crippen LogP contribution >= 0.6 is 15.9 Å². The van der Waals surface area contributed by atoms with Gasteiger partial charge in [-0.05, 0) is 58.7 Å². The maximum absolute atomic E-state index is 13.5. The first-order chi connectivity index (χ1) is 9.01. The van der Waals surface area contributed by atoms with Crippen molar-refractivity contribution in [2.75, 3.05) is 11.1 Å². The molecule has 0 bridgehead atoms. The van der Waals surface area contributed by atoms with Crippen molar-refractivity contribution in [3.8, 4) is 6.07 Å². The highest BCUT2D eigenvalue weighted by atomic mass is 79.9.